The van der Waals surface area contributed by atoms with E-state index in [9.17, 15) is 5.11 Å². The highest BCUT2D eigenvalue weighted by Gasteiger charge is 2.29. The first-order valence-electron chi connectivity index (χ1n) is 6.14. The lowest BCUT2D eigenvalue weighted by Crippen LogP contribution is -2.36. The van der Waals surface area contributed by atoms with E-state index in [0.717, 1.165) is 24.8 Å². The van der Waals surface area contributed by atoms with Crippen LogP contribution in [0.2, 0.25) is 0 Å². The predicted octanol–water partition coefficient (Wildman–Crippen LogP) is 2.66. The van der Waals surface area contributed by atoms with Gasteiger partial charge in [0.2, 0.25) is 0 Å². The minimum absolute atomic E-state index is 0.285. The summed E-state index contributed by atoms with van der Waals surface area (Å²) in [6.07, 6.45) is 2.93. The van der Waals surface area contributed by atoms with Crippen LogP contribution in [0.1, 0.15) is 38.7 Å². The van der Waals surface area contributed by atoms with Gasteiger partial charge in [-0.05, 0) is 17.9 Å². The summed E-state index contributed by atoms with van der Waals surface area (Å²) in [5, 5.41) is 10.6. The molecule has 2 heteroatoms. The lowest BCUT2D eigenvalue weighted by Gasteiger charge is -2.30. The molecule has 0 saturated heterocycles. The molecule has 3 N–H and O–H groups in total. The van der Waals surface area contributed by atoms with Gasteiger partial charge in [-0.25, -0.2) is 0 Å². The molecule has 2 nitrogen and oxygen atoms in total. The van der Waals surface area contributed by atoms with Gasteiger partial charge >= 0.3 is 0 Å². The van der Waals surface area contributed by atoms with Crippen LogP contribution in [0.5, 0.6) is 0 Å². The third-order valence-corrected chi connectivity index (χ3v) is 3.43. The molecule has 1 aromatic rings. The summed E-state index contributed by atoms with van der Waals surface area (Å²) >= 11 is 0. The van der Waals surface area contributed by atoms with Crippen LogP contribution >= 0.6 is 0 Å². The number of hydrogen-bond acceptors (Lipinski definition) is 2. The Morgan fingerprint density at radius 2 is 1.75 bits per heavy atom. The highest BCUT2D eigenvalue weighted by molar-refractivity contribution is 5.22. The third kappa shape index (κ3) is 3.06. The van der Waals surface area contributed by atoms with E-state index in [1.54, 1.807) is 0 Å². The average Bonchev–Trinajstić information content (AvgIpc) is 2.36. The molecule has 0 aliphatic rings. The second-order valence-electron chi connectivity index (χ2n) is 4.49. The highest BCUT2D eigenvalue weighted by atomic mass is 16.3. The third-order valence-electron chi connectivity index (χ3n) is 3.43. The zero-order chi connectivity index (χ0) is 12.0. The second kappa shape index (κ2) is 6.02. The molecule has 0 aliphatic heterocycles. The standard InChI is InChI=1S/C14H23NO/c1-3-12(4-2)10-14(16,11-15)13-8-6-5-7-9-13/h5-9,12,16H,3-4,10-11,15H2,1-2H3. The maximum Gasteiger partial charge on any atom is 0.102 e. The number of nitrogens with two attached hydrogens (primary N) is 1. The minimum atomic E-state index is -0.863. The minimum Gasteiger partial charge on any atom is -0.384 e. The van der Waals surface area contributed by atoms with E-state index in [1.807, 2.05) is 30.3 Å². The molecule has 0 fully saturated rings. The van der Waals surface area contributed by atoms with E-state index in [4.69, 9.17) is 5.73 Å². The van der Waals surface area contributed by atoms with Gasteiger partial charge in [0.05, 0.1) is 0 Å². The largest absolute Gasteiger partial charge is 0.384 e. The summed E-state index contributed by atoms with van der Waals surface area (Å²) in [5.41, 5.74) is 5.82. The monoisotopic (exact) mass is 221 g/mol. The lowest BCUT2D eigenvalue weighted by molar-refractivity contribution is 0.0183. The fraction of sp³-hybridized carbons (Fsp3) is 0.571. The molecule has 1 atom stereocenters. The van der Waals surface area contributed by atoms with E-state index < -0.39 is 5.60 Å². The van der Waals surface area contributed by atoms with Crippen LogP contribution in [0, 0.1) is 5.92 Å². The zero-order valence-corrected chi connectivity index (χ0v) is 10.3. The highest BCUT2D eigenvalue weighted by Crippen LogP contribution is 2.30. The molecular weight excluding hydrogens is 198 g/mol. The molecule has 0 amide bonds. The molecule has 0 aliphatic carbocycles. The molecule has 0 bridgehead atoms. The summed E-state index contributed by atoms with van der Waals surface area (Å²) in [4.78, 5) is 0. The van der Waals surface area contributed by atoms with Gasteiger partial charge in [-0.2, -0.15) is 0 Å². The number of hydrogen-bond donors (Lipinski definition) is 2. The lowest BCUT2D eigenvalue weighted by atomic mass is 9.82. The van der Waals surface area contributed by atoms with Crippen molar-refractivity contribution in [3.63, 3.8) is 0 Å². The first-order chi connectivity index (χ1) is 7.66. The van der Waals surface area contributed by atoms with Crippen LogP contribution in [0.4, 0.5) is 0 Å². The molecule has 0 saturated carbocycles. The van der Waals surface area contributed by atoms with E-state index >= 15 is 0 Å². The van der Waals surface area contributed by atoms with E-state index in [-0.39, 0.29) is 6.54 Å². The van der Waals surface area contributed by atoms with Gasteiger partial charge in [-0.3, -0.25) is 0 Å². The van der Waals surface area contributed by atoms with Gasteiger partial charge in [0.15, 0.2) is 0 Å². The number of aliphatic hydroxyl groups is 1. The average molecular weight is 221 g/mol. The van der Waals surface area contributed by atoms with Crippen LogP contribution in [-0.2, 0) is 5.60 Å². The van der Waals surface area contributed by atoms with Crippen LogP contribution in [0.25, 0.3) is 0 Å². The van der Waals surface area contributed by atoms with Crippen molar-refractivity contribution >= 4 is 0 Å². The second-order valence-corrected chi connectivity index (χ2v) is 4.49. The van der Waals surface area contributed by atoms with E-state index in [0.29, 0.717) is 5.92 Å². The predicted molar refractivity (Wildman–Crippen MR) is 68.1 cm³/mol. The van der Waals surface area contributed by atoms with Crippen molar-refractivity contribution in [1.29, 1.82) is 0 Å². The summed E-state index contributed by atoms with van der Waals surface area (Å²) in [5.74, 6) is 0.536. The van der Waals surface area contributed by atoms with Crippen molar-refractivity contribution in [3.8, 4) is 0 Å². The summed E-state index contributed by atoms with van der Waals surface area (Å²) in [6, 6.07) is 9.76. The van der Waals surface area contributed by atoms with Crippen molar-refractivity contribution < 1.29 is 5.11 Å². The zero-order valence-electron chi connectivity index (χ0n) is 10.3. The molecule has 0 radical (unpaired) electrons. The fourth-order valence-corrected chi connectivity index (χ4v) is 2.12. The SMILES string of the molecule is CCC(CC)CC(O)(CN)c1ccccc1. The van der Waals surface area contributed by atoms with Gasteiger partial charge in [-0.15, -0.1) is 0 Å². The normalized spacial score (nSPS) is 15.1. The van der Waals surface area contributed by atoms with Crippen molar-refractivity contribution in [3.05, 3.63) is 35.9 Å². The Morgan fingerprint density at radius 3 is 2.19 bits per heavy atom. The maximum atomic E-state index is 10.6. The van der Waals surface area contributed by atoms with Crippen LogP contribution < -0.4 is 5.73 Å². The molecule has 16 heavy (non-hydrogen) atoms. The Hall–Kier alpha value is -0.860. The quantitative estimate of drug-likeness (QED) is 0.775. The van der Waals surface area contributed by atoms with Crippen LogP contribution in [-0.4, -0.2) is 11.7 Å². The summed E-state index contributed by atoms with van der Waals surface area (Å²) in [7, 11) is 0. The molecule has 1 aromatic carbocycles. The number of benzene rings is 1. The fourth-order valence-electron chi connectivity index (χ4n) is 2.12. The van der Waals surface area contributed by atoms with Gasteiger partial charge < -0.3 is 10.8 Å². The molecule has 0 heterocycles. The first-order valence-corrected chi connectivity index (χ1v) is 6.14. The Bertz CT molecular complexity index is 295. The Kier molecular flexibility index (Phi) is 4.97. The van der Waals surface area contributed by atoms with Crippen molar-refractivity contribution in [2.75, 3.05) is 6.54 Å². The van der Waals surface area contributed by atoms with Crippen LogP contribution in [0.15, 0.2) is 30.3 Å². The molecule has 0 aromatic heterocycles. The Labute approximate surface area is 98.5 Å². The Morgan fingerprint density at radius 1 is 1.19 bits per heavy atom. The molecule has 1 rings (SSSR count). The maximum absolute atomic E-state index is 10.6. The van der Waals surface area contributed by atoms with Crippen LogP contribution in [0.3, 0.4) is 0 Å². The van der Waals surface area contributed by atoms with Crippen molar-refractivity contribution in [2.24, 2.45) is 11.7 Å². The Balaban J connectivity index is 2.85. The number of rotatable bonds is 6. The summed E-state index contributed by atoms with van der Waals surface area (Å²) in [6.45, 7) is 4.61. The molecular formula is C14H23NO. The molecule has 0 spiro atoms. The molecule has 90 valence electrons. The topological polar surface area (TPSA) is 46.2 Å². The first kappa shape index (κ1) is 13.2. The van der Waals surface area contributed by atoms with Crippen molar-refractivity contribution in [2.45, 2.75) is 38.7 Å². The van der Waals surface area contributed by atoms with Gasteiger partial charge in [0, 0.05) is 6.54 Å². The van der Waals surface area contributed by atoms with Gasteiger partial charge in [0.1, 0.15) is 5.60 Å². The van der Waals surface area contributed by atoms with Gasteiger partial charge in [-0.1, -0.05) is 57.0 Å². The van der Waals surface area contributed by atoms with E-state index in [2.05, 4.69) is 13.8 Å². The van der Waals surface area contributed by atoms with Gasteiger partial charge in [0.25, 0.3) is 0 Å². The molecule has 1 unspecified atom stereocenters. The van der Waals surface area contributed by atoms with Crippen molar-refractivity contribution in [1.82, 2.24) is 0 Å². The smallest absolute Gasteiger partial charge is 0.102 e. The van der Waals surface area contributed by atoms with E-state index in [1.165, 1.54) is 0 Å². The summed E-state index contributed by atoms with van der Waals surface area (Å²) < 4.78 is 0.